The number of nitrogens with one attached hydrogen (secondary N) is 1. The number of benzene rings is 2. The van der Waals surface area contributed by atoms with Crippen molar-refractivity contribution in [3.63, 3.8) is 0 Å². The van der Waals surface area contributed by atoms with Crippen molar-refractivity contribution >= 4 is 17.7 Å². The largest absolute Gasteiger partial charge is 0.344 e. The maximum atomic E-state index is 13.3. The minimum atomic E-state index is -0.513. The lowest BCUT2D eigenvalue weighted by molar-refractivity contribution is -0.136. The molecule has 0 bridgehead atoms. The van der Waals surface area contributed by atoms with Crippen LogP contribution in [-0.2, 0) is 20.8 Å². The molecule has 2 aliphatic heterocycles. The van der Waals surface area contributed by atoms with E-state index in [9.17, 15) is 18.8 Å². The fourth-order valence-electron chi connectivity index (χ4n) is 4.56. The first kappa shape index (κ1) is 22.7. The van der Waals surface area contributed by atoms with Gasteiger partial charge in [-0.25, -0.2) is 4.39 Å². The molecule has 2 fully saturated rings. The Morgan fingerprint density at radius 1 is 1.12 bits per heavy atom. The number of amides is 3. The van der Waals surface area contributed by atoms with Crippen molar-refractivity contribution < 1.29 is 18.8 Å². The number of halogens is 1. The van der Waals surface area contributed by atoms with Crippen LogP contribution in [0.5, 0.6) is 0 Å². The summed E-state index contributed by atoms with van der Waals surface area (Å²) in [4.78, 5) is 41.4. The topological polar surface area (TPSA) is 69.7 Å². The Hall–Kier alpha value is -3.48. The van der Waals surface area contributed by atoms with Crippen LogP contribution in [0, 0.1) is 11.7 Å². The van der Waals surface area contributed by atoms with Crippen LogP contribution in [-0.4, -0.2) is 59.7 Å². The van der Waals surface area contributed by atoms with Gasteiger partial charge in [0.1, 0.15) is 11.9 Å². The fraction of sp³-hybridized carbons (Fsp3) is 0.346. The third-order valence-electron chi connectivity index (χ3n) is 6.28. The van der Waals surface area contributed by atoms with Crippen molar-refractivity contribution in [1.29, 1.82) is 0 Å². The van der Waals surface area contributed by atoms with Crippen molar-refractivity contribution in [3.8, 4) is 11.1 Å². The zero-order chi connectivity index (χ0) is 23.4. The zero-order valence-corrected chi connectivity index (χ0v) is 18.5. The van der Waals surface area contributed by atoms with Crippen molar-refractivity contribution in [1.82, 2.24) is 15.1 Å². The third-order valence-corrected chi connectivity index (χ3v) is 6.28. The van der Waals surface area contributed by atoms with Crippen molar-refractivity contribution in [3.05, 3.63) is 72.6 Å². The van der Waals surface area contributed by atoms with Gasteiger partial charge in [0.2, 0.25) is 17.7 Å². The van der Waals surface area contributed by atoms with Gasteiger partial charge in [0.05, 0.1) is 5.92 Å². The number of carbonyl (C=O) groups is 3. The van der Waals surface area contributed by atoms with Crippen LogP contribution in [0.1, 0.15) is 18.4 Å². The molecule has 0 aromatic heterocycles. The average molecular weight is 450 g/mol. The van der Waals surface area contributed by atoms with Gasteiger partial charge in [-0.15, -0.1) is 6.58 Å². The first-order valence-corrected chi connectivity index (χ1v) is 11.3. The molecule has 2 aliphatic rings. The Labute approximate surface area is 193 Å². The van der Waals surface area contributed by atoms with Gasteiger partial charge in [-0.1, -0.05) is 42.5 Å². The van der Waals surface area contributed by atoms with E-state index in [-0.39, 0.29) is 23.5 Å². The quantitative estimate of drug-likeness (QED) is 0.690. The lowest BCUT2D eigenvalue weighted by Gasteiger charge is -2.26. The highest BCUT2D eigenvalue weighted by Gasteiger charge is 2.36. The van der Waals surface area contributed by atoms with Crippen LogP contribution in [0.3, 0.4) is 0 Å². The summed E-state index contributed by atoms with van der Waals surface area (Å²) in [6, 6.07) is 13.6. The summed E-state index contributed by atoms with van der Waals surface area (Å²) < 4.78 is 13.3. The molecule has 0 radical (unpaired) electrons. The molecule has 2 unspecified atom stereocenters. The Kier molecular flexibility index (Phi) is 6.87. The Morgan fingerprint density at radius 2 is 1.91 bits per heavy atom. The highest BCUT2D eigenvalue weighted by molar-refractivity contribution is 5.91. The van der Waals surface area contributed by atoms with E-state index >= 15 is 0 Å². The number of hydrogen-bond donors (Lipinski definition) is 1. The SMILES string of the molecule is C=CCN1CCN(C(=O)C2CCC(=O)N2)CC(Cc2cccc(-c3ccc(F)cc3)c2)C1=O. The van der Waals surface area contributed by atoms with Crippen LogP contribution in [0.2, 0.25) is 0 Å². The maximum absolute atomic E-state index is 13.3. The number of nitrogens with zero attached hydrogens (tertiary/aromatic N) is 2. The van der Waals surface area contributed by atoms with Gasteiger partial charge in [0.15, 0.2) is 0 Å². The van der Waals surface area contributed by atoms with E-state index in [0.717, 1.165) is 16.7 Å². The van der Waals surface area contributed by atoms with Crippen LogP contribution in [0.15, 0.2) is 61.2 Å². The van der Waals surface area contributed by atoms with E-state index in [2.05, 4.69) is 11.9 Å². The molecule has 172 valence electrons. The molecular formula is C26H28FN3O3. The third kappa shape index (κ3) is 5.30. The van der Waals surface area contributed by atoms with E-state index in [4.69, 9.17) is 0 Å². The summed E-state index contributed by atoms with van der Waals surface area (Å²) >= 11 is 0. The predicted octanol–water partition coefficient (Wildman–Crippen LogP) is 2.79. The first-order valence-electron chi connectivity index (χ1n) is 11.3. The lowest BCUT2D eigenvalue weighted by Crippen LogP contribution is -2.46. The van der Waals surface area contributed by atoms with E-state index in [1.54, 1.807) is 28.0 Å². The first-order chi connectivity index (χ1) is 15.9. The molecule has 6 nitrogen and oxygen atoms in total. The van der Waals surface area contributed by atoms with Gasteiger partial charge >= 0.3 is 0 Å². The van der Waals surface area contributed by atoms with Gasteiger partial charge in [-0.3, -0.25) is 14.4 Å². The molecule has 0 saturated carbocycles. The minimum absolute atomic E-state index is 0.00663. The molecule has 2 heterocycles. The molecule has 33 heavy (non-hydrogen) atoms. The van der Waals surface area contributed by atoms with Crippen LogP contribution in [0.25, 0.3) is 11.1 Å². The standard InChI is InChI=1S/C26H28FN3O3/c1-2-12-29-13-14-30(26(33)23-10-11-24(31)28-23)17-21(25(29)32)16-18-4-3-5-20(15-18)19-6-8-22(27)9-7-19/h2-9,15,21,23H,1,10-14,16-17H2,(H,28,31). The highest BCUT2D eigenvalue weighted by atomic mass is 19.1. The van der Waals surface area contributed by atoms with Gasteiger partial charge in [-0.05, 0) is 41.7 Å². The number of rotatable bonds is 6. The van der Waals surface area contributed by atoms with Crippen molar-refractivity contribution in [2.24, 2.45) is 5.92 Å². The molecule has 2 atom stereocenters. The van der Waals surface area contributed by atoms with E-state index in [1.807, 2.05) is 24.3 Å². The zero-order valence-electron chi connectivity index (χ0n) is 18.5. The molecule has 0 aliphatic carbocycles. The Morgan fingerprint density at radius 3 is 2.61 bits per heavy atom. The normalized spacial score (nSPS) is 21.0. The minimum Gasteiger partial charge on any atom is -0.344 e. The smallest absolute Gasteiger partial charge is 0.245 e. The Balaban J connectivity index is 1.55. The van der Waals surface area contributed by atoms with E-state index in [0.29, 0.717) is 45.4 Å². The van der Waals surface area contributed by atoms with Crippen molar-refractivity contribution in [2.75, 3.05) is 26.2 Å². The summed E-state index contributed by atoms with van der Waals surface area (Å²) in [5, 5.41) is 2.74. The van der Waals surface area contributed by atoms with Gasteiger partial charge in [-0.2, -0.15) is 0 Å². The van der Waals surface area contributed by atoms with Gasteiger partial charge < -0.3 is 15.1 Å². The molecule has 3 amide bonds. The number of carbonyl (C=O) groups excluding carboxylic acids is 3. The van der Waals surface area contributed by atoms with Crippen LogP contribution in [0.4, 0.5) is 4.39 Å². The average Bonchev–Trinajstić information content (AvgIpc) is 3.19. The summed E-state index contributed by atoms with van der Waals surface area (Å²) in [6.45, 7) is 5.35. The van der Waals surface area contributed by atoms with Crippen molar-refractivity contribution in [2.45, 2.75) is 25.3 Å². The maximum Gasteiger partial charge on any atom is 0.245 e. The van der Waals surface area contributed by atoms with Crippen LogP contribution >= 0.6 is 0 Å². The molecule has 2 saturated heterocycles. The second-order valence-corrected chi connectivity index (χ2v) is 8.62. The molecule has 2 aromatic carbocycles. The summed E-state index contributed by atoms with van der Waals surface area (Å²) in [6.07, 6.45) is 3.01. The Bertz CT molecular complexity index is 1050. The molecule has 7 heteroatoms. The molecule has 4 rings (SSSR count). The summed E-state index contributed by atoms with van der Waals surface area (Å²) in [7, 11) is 0. The fourth-order valence-corrected chi connectivity index (χ4v) is 4.56. The van der Waals surface area contributed by atoms with Crippen LogP contribution < -0.4 is 5.32 Å². The van der Waals surface area contributed by atoms with E-state index < -0.39 is 12.0 Å². The van der Waals surface area contributed by atoms with Gasteiger partial charge in [0, 0.05) is 32.6 Å². The van der Waals surface area contributed by atoms with Gasteiger partial charge in [0.25, 0.3) is 0 Å². The predicted molar refractivity (Wildman–Crippen MR) is 124 cm³/mol. The van der Waals surface area contributed by atoms with E-state index in [1.165, 1.54) is 12.1 Å². The lowest BCUT2D eigenvalue weighted by atomic mass is 9.94. The molecule has 1 N–H and O–H groups in total. The molecular weight excluding hydrogens is 421 g/mol. The second kappa shape index (κ2) is 9.98. The number of hydrogen-bond acceptors (Lipinski definition) is 3. The highest BCUT2D eigenvalue weighted by Crippen LogP contribution is 2.24. The second-order valence-electron chi connectivity index (χ2n) is 8.62. The monoisotopic (exact) mass is 449 g/mol. The molecule has 0 spiro atoms. The summed E-state index contributed by atoms with van der Waals surface area (Å²) in [5.74, 6) is -0.935. The molecule has 2 aromatic rings. The summed E-state index contributed by atoms with van der Waals surface area (Å²) in [5.41, 5.74) is 2.81.